The van der Waals surface area contributed by atoms with Crippen LogP contribution in [0.1, 0.15) is 17.3 Å². The third kappa shape index (κ3) is 3.57. The molecule has 1 amide bonds. The second-order valence-corrected chi connectivity index (χ2v) is 5.84. The lowest BCUT2D eigenvalue weighted by Crippen LogP contribution is -2.50. The van der Waals surface area contributed by atoms with Gasteiger partial charge in [0.15, 0.2) is 0 Å². The second-order valence-electron chi connectivity index (χ2n) is 5.84. The number of nitrogens with zero attached hydrogens (tertiary/aromatic N) is 4. The van der Waals surface area contributed by atoms with Gasteiger partial charge in [0.1, 0.15) is 0 Å². The minimum atomic E-state index is -0.343. The number of carbonyl (C=O) groups is 1. The highest BCUT2D eigenvalue weighted by molar-refractivity contribution is 5.99. The van der Waals surface area contributed by atoms with E-state index in [1.165, 1.54) is 0 Å². The van der Waals surface area contributed by atoms with Gasteiger partial charge in [-0.05, 0) is 19.1 Å². The van der Waals surface area contributed by atoms with Crippen molar-refractivity contribution < 1.29 is 9.90 Å². The first-order valence-electron chi connectivity index (χ1n) is 7.78. The molecule has 1 atom stereocenters. The van der Waals surface area contributed by atoms with E-state index in [0.29, 0.717) is 25.2 Å². The zero-order chi connectivity index (χ0) is 16.2. The van der Waals surface area contributed by atoms with Gasteiger partial charge in [0.05, 0.1) is 23.6 Å². The molecular weight excluding hydrogens is 294 g/mol. The van der Waals surface area contributed by atoms with E-state index in [9.17, 15) is 9.90 Å². The number of hydrogen-bond acceptors (Lipinski definition) is 5. The Morgan fingerprint density at radius 3 is 2.65 bits per heavy atom. The maximum absolute atomic E-state index is 12.8. The van der Waals surface area contributed by atoms with Crippen LogP contribution in [0.5, 0.6) is 0 Å². The maximum Gasteiger partial charge on any atom is 0.257 e. The number of aromatic amines is 1. The predicted octanol–water partition coefficient (Wildman–Crippen LogP) is 0.610. The summed E-state index contributed by atoms with van der Waals surface area (Å²) in [5, 5.41) is 16.4. The van der Waals surface area contributed by atoms with Gasteiger partial charge in [-0.3, -0.25) is 19.8 Å². The Hall–Kier alpha value is -2.25. The van der Waals surface area contributed by atoms with Gasteiger partial charge in [-0.25, -0.2) is 0 Å². The van der Waals surface area contributed by atoms with E-state index in [1.54, 1.807) is 25.5 Å². The summed E-state index contributed by atoms with van der Waals surface area (Å²) >= 11 is 0. The van der Waals surface area contributed by atoms with E-state index in [0.717, 1.165) is 24.3 Å². The smallest absolute Gasteiger partial charge is 0.257 e. The van der Waals surface area contributed by atoms with Gasteiger partial charge in [-0.2, -0.15) is 5.10 Å². The molecule has 3 heterocycles. The van der Waals surface area contributed by atoms with Crippen molar-refractivity contribution in [1.82, 2.24) is 25.0 Å². The molecule has 3 rings (SSSR count). The van der Waals surface area contributed by atoms with Crippen molar-refractivity contribution in [3.63, 3.8) is 0 Å². The van der Waals surface area contributed by atoms with Crippen molar-refractivity contribution in [1.29, 1.82) is 0 Å². The van der Waals surface area contributed by atoms with Gasteiger partial charge in [0, 0.05) is 50.7 Å². The Balaban J connectivity index is 1.70. The predicted molar refractivity (Wildman–Crippen MR) is 85.8 cm³/mol. The van der Waals surface area contributed by atoms with Gasteiger partial charge in [0.2, 0.25) is 0 Å². The van der Waals surface area contributed by atoms with Crippen molar-refractivity contribution >= 4 is 5.91 Å². The van der Waals surface area contributed by atoms with Crippen LogP contribution in [0, 0.1) is 0 Å². The van der Waals surface area contributed by atoms with Crippen molar-refractivity contribution in [2.75, 3.05) is 32.7 Å². The summed E-state index contributed by atoms with van der Waals surface area (Å²) in [5.74, 6) is -0.0118. The summed E-state index contributed by atoms with van der Waals surface area (Å²) in [6.07, 6.45) is 4.63. The molecule has 122 valence electrons. The second kappa shape index (κ2) is 6.89. The summed E-state index contributed by atoms with van der Waals surface area (Å²) in [4.78, 5) is 20.8. The van der Waals surface area contributed by atoms with Crippen LogP contribution in [0.2, 0.25) is 0 Å². The number of pyridine rings is 1. The number of nitrogens with one attached hydrogen (secondary N) is 1. The molecule has 2 aromatic rings. The fraction of sp³-hybridized carbons (Fsp3) is 0.438. The van der Waals surface area contributed by atoms with E-state index < -0.39 is 0 Å². The van der Waals surface area contributed by atoms with Gasteiger partial charge in [0.25, 0.3) is 5.91 Å². The summed E-state index contributed by atoms with van der Waals surface area (Å²) in [5.41, 5.74) is 2.21. The first-order chi connectivity index (χ1) is 11.1. The monoisotopic (exact) mass is 315 g/mol. The Morgan fingerprint density at radius 2 is 2.00 bits per heavy atom. The normalized spacial score (nSPS) is 17.2. The van der Waals surface area contributed by atoms with Gasteiger partial charge in [-0.15, -0.1) is 0 Å². The molecule has 1 fully saturated rings. The molecule has 1 aliphatic rings. The SMILES string of the molecule is C[C@@H](O)CN1CCN(C(=O)c2cn[nH]c2-c2ccncc2)CC1. The standard InChI is InChI=1S/C16H21N5O2/c1-12(22)11-20-6-8-21(9-7-20)16(23)14-10-18-19-15(14)13-2-4-17-5-3-13/h2-5,10,12,22H,6-9,11H2,1H3,(H,18,19)/t12-/m1/s1. The van der Waals surface area contributed by atoms with E-state index in [2.05, 4.69) is 20.1 Å². The van der Waals surface area contributed by atoms with Gasteiger partial charge < -0.3 is 10.0 Å². The minimum Gasteiger partial charge on any atom is -0.392 e. The quantitative estimate of drug-likeness (QED) is 0.863. The average molecular weight is 315 g/mol. The summed E-state index contributed by atoms with van der Waals surface area (Å²) < 4.78 is 0. The highest BCUT2D eigenvalue weighted by Gasteiger charge is 2.25. The molecule has 0 unspecified atom stereocenters. The van der Waals surface area contributed by atoms with Crippen LogP contribution in [0.3, 0.4) is 0 Å². The lowest BCUT2D eigenvalue weighted by Gasteiger charge is -2.35. The molecule has 7 nitrogen and oxygen atoms in total. The van der Waals surface area contributed by atoms with Crippen LogP contribution in [0.4, 0.5) is 0 Å². The molecule has 2 aromatic heterocycles. The molecule has 0 aliphatic carbocycles. The number of hydrogen-bond donors (Lipinski definition) is 2. The largest absolute Gasteiger partial charge is 0.392 e. The number of aliphatic hydroxyl groups excluding tert-OH is 1. The molecule has 0 spiro atoms. The highest BCUT2D eigenvalue weighted by atomic mass is 16.3. The molecule has 23 heavy (non-hydrogen) atoms. The van der Waals surface area contributed by atoms with Crippen LogP contribution in [-0.2, 0) is 0 Å². The number of piperazine rings is 1. The van der Waals surface area contributed by atoms with Crippen LogP contribution >= 0.6 is 0 Å². The maximum atomic E-state index is 12.8. The number of aromatic nitrogens is 3. The summed E-state index contributed by atoms with van der Waals surface area (Å²) in [6.45, 7) is 5.30. The highest BCUT2D eigenvalue weighted by Crippen LogP contribution is 2.22. The molecule has 0 saturated carbocycles. The third-order valence-electron chi connectivity index (χ3n) is 4.02. The zero-order valence-corrected chi connectivity index (χ0v) is 13.1. The number of carbonyl (C=O) groups excluding carboxylic acids is 1. The number of rotatable bonds is 4. The lowest BCUT2D eigenvalue weighted by molar-refractivity contribution is 0.0555. The molecule has 7 heteroatoms. The van der Waals surface area contributed by atoms with Crippen molar-refractivity contribution in [2.45, 2.75) is 13.0 Å². The zero-order valence-electron chi connectivity index (χ0n) is 13.1. The lowest BCUT2D eigenvalue weighted by atomic mass is 10.1. The Kier molecular flexibility index (Phi) is 4.68. The van der Waals surface area contributed by atoms with E-state index in [4.69, 9.17) is 0 Å². The van der Waals surface area contributed by atoms with E-state index in [1.807, 2.05) is 17.0 Å². The van der Waals surface area contributed by atoms with Crippen molar-refractivity contribution in [3.8, 4) is 11.3 Å². The van der Waals surface area contributed by atoms with Crippen LogP contribution in [-0.4, -0.2) is 74.8 Å². The molecule has 0 bridgehead atoms. The fourth-order valence-corrected chi connectivity index (χ4v) is 2.86. The molecule has 0 radical (unpaired) electrons. The third-order valence-corrected chi connectivity index (χ3v) is 4.02. The van der Waals surface area contributed by atoms with Crippen LogP contribution < -0.4 is 0 Å². The molecule has 2 N–H and O–H groups in total. The first kappa shape index (κ1) is 15.6. The average Bonchev–Trinajstić information content (AvgIpc) is 3.05. The number of β-amino-alcohol motifs (C(OH)–C–C–N with tert-alkyl or cyclic N) is 1. The Bertz CT molecular complexity index is 648. The Labute approximate surface area is 134 Å². The molecule has 1 saturated heterocycles. The molecular formula is C16H21N5O2. The molecule has 0 aromatic carbocycles. The first-order valence-corrected chi connectivity index (χ1v) is 7.78. The molecule has 1 aliphatic heterocycles. The number of amides is 1. The van der Waals surface area contributed by atoms with Gasteiger partial charge in [-0.1, -0.05) is 0 Å². The fourth-order valence-electron chi connectivity index (χ4n) is 2.86. The minimum absolute atomic E-state index is 0.0118. The van der Waals surface area contributed by atoms with Crippen LogP contribution in [0.15, 0.2) is 30.7 Å². The number of H-pyrrole nitrogens is 1. The summed E-state index contributed by atoms with van der Waals surface area (Å²) in [7, 11) is 0. The number of aliphatic hydroxyl groups is 1. The van der Waals surface area contributed by atoms with Crippen molar-refractivity contribution in [2.24, 2.45) is 0 Å². The van der Waals surface area contributed by atoms with Gasteiger partial charge >= 0.3 is 0 Å². The van der Waals surface area contributed by atoms with E-state index >= 15 is 0 Å². The van der Waals surface area contributed by atoms with Crippen LogP contribution in [0.25, 0.3) is 11.3 Å². The summed E-state index contributed by atoms with van der Waals surface area (Å²) in [6, 6.07) is 3.70. The van der Waals surface area contributed by atoms with E-state index in [-0.39, 0.29) is 12.0 Å². The van der Waals surface area contributed by atoms with Crippen molar-refractivity contribution in [3.05, 3.63) is 36.3 Å². The Morgan fingerprint density at radius 1 is 1.30 bits per heavy atom. The topological polar surface area (TPSA) is 85.4 Å².